The number of pyridine rings is 1. The molecule has 2 heterocycles. The first kappa shape index (κ1) is 21.7. The summed E-state index contributed by atoms with van der Waals surface area (Å²) in [6.45, 7) is 0. The van der Waals surface area contributed by atoms with Crippen molar-refractivity contribution in [3.63, 3.8) is 0 Å². The first-order valence-electron chi connectivity index (χ1n) is 12.8. The number of hydrogen-bond donors (Lipinski definition) is 0. The van der Waals surface area contributed by atoms with Crippen molar-refractivity contribution in [2.24, 2.45) is 0 Å². The van der Waals surface area contributed by atoms with Crippen LogP contribution in [0, 0.1) is 0 Å². The Bertz CT molecular complexity index is 845. The van der Waals surface area contributed by atoms with E-state index in [9.17, 15) is 4.79 Å². The van der Waals surface area contributed by atoms with Crippen LogP contribution in [0.4, 0.5) is 0 Å². The van der Waals surface area contributed by atoms with E-state index in [-0.39, 0.29) is 5.76 Å². The summed E-state index contributed by atoms with van der Waals surface area (Å²) in [5.74, 6) is 0.331. The third kappa shape index (κ3) is 4.16. The molecular weight excluding hydrogens is 493 g/mol. The minimum atomic E-state index is -3.31. The van der Waals surface area contributed by atoms with Gasteiger partial charge in [0, 0.05) is 0 Å². The van der Waals surface area contributed by atoms with Gasteiger partial charge in [0.15, 0.2) is 0 Å². The van der Waals surface area contributed by atoms with E-state index >= 15 is 0 Å². The van der Waals surface area contributed by atoms with Crippen LogP contribution in [0.3, 0.4) is 0 Å². The van der Waals surface area contributed by atoms with Gasteiger partial charge in [-0.05, 0) is 0 Å². The summed E-state index contributed by atoms with van der Waals surface area (Å²) >= 11 is -3.31. The fraction of sp³-hybridized carbons (Fsp3) is 0.720. The molecule has 3 fully saturated rings. The normalized spacial score (nSPS) is 22.6. The predicted molar refractivity (Wildman–Crippen MR) is 126 cm³/mol. The van der Waals surface area contributed by atoms with Crippen molar-refractivity contribution < 1.29 is 4.42 Å². The zero-order chi connectivity index (χ0) is 21.1. The second kappa shape index (κ2) is 9.80. The van der Waals surface area contributed by atoms with Gasteiger partial charge >= 0.3 is 191 Å². The van der Waals surface area contributed by atoms with Crippen LogP contribution in [-0.4, -0.2) is 31.6 Å². The molecule has 0 aromatic carbocycles. The monoisotopic (exact) mass is 531 g/mol. The van der Waals surface area contributed by atoms with Crippen molar-refractivity contribution in [1.29, 1.82) is 0 Å². The number of rotatable bonds is 5. The predicted octanol–water partition coefficient (Wildman–Crippen LogP) is 6.69. The Labute approximate surface area is 190 Å². The van der Waals surface area contributed by atoms with E-state index in [2.05, 4.69) is 7.89 Å². The fourth-order valence-electron chi connectivity index (χ4n) is 7.34. The molecule has 0 N–H and O–H groups in total. The molecule has 0 saturated heterocycles. The average molecular weight is 530 g/mol. The molecule has 3 saturated carbocycles. The summed E-state index contributed by atoms with van der Waals surface area (Å²) in [6, 6.07) is 3.86. The summed E-state index contributed by atoms with van der Waals surface area (Å²) < 4.78 is 10.2. The van der Waals surface area contributed by atoms with Crippen LogP contribution in [0.15, 0.2) is 33.7 Å². The van der Waals surface area contributed by atoms with Crippen LogP contribution >= 0.6 is 0 Å². The van der Waals surface area contributed by atoms with Gasteiger partial charge in [0.2, 0.25) is 0 Å². The number of aromatic nitrogens is 3. The molecule has 0 bridgehead atoms. The molecule has 6 heteroatoms. The molecule has 3 aliphatic carbocycles. The van der Waals surface area contributed by atoms with Crippen molar-refractivity contribution in [2.45, 2.75) is 108 Å². The van der Waals surface area contributed by atoms with Gasteiger partial charge in [-0.3, -0.25) is 0 Å². The standard InChI is InChI=1S/C7H5N3O2.3C6H11.Sn/c11-7-10-9-6(12-7)5-2-1-3-8-4-5;3*1-2-4-6-5-3-1;/h1-4H,(H,10,11);3*1H,2-6H2;/q;;;;+1/p-1. The third-order valence-corrected chi connectivity index (χ3v) is 27.6. The second-order valence-corrected chi connectivity index (χ2v) is 23.5. The summed E-state index contributed by atoms with van der Waals surface area (Å²) in [4.78, 5) is 17.8. The van der Waals surface area contributed by atoms with Gasteiger partial charge in [-0.1, -0.05) is 0 Å². The summed E-state index contributed by atoms with van der Waals surface area (Å²) in [5.41, 5.74) is 0.828. The van der Waals surface area contributed by atoms with Gasteiger partial charge in [-0.15, -0.1) is 0 Å². The molecule has 0 aliphatic heterocycles. The Kier molecular flexibility index (Phi) is 6.86. The van der Waals surface area contributed by atoms with Crippen LogP contribution in [0.1, 0.15) is 96.3 Å². The van der Waals surface area contributed by atoms with E-state index in [1.807, 2.05) is 12.1 Å². The van der Waals surface area contributed by atoms with E-state index in [0.29, 0.717) is 5.89 Å². The van der Waals surface area contributed by atoms with Crippen molar-refractivity contribution in [2.75, 3.05) is 0 Å². The number of hydrogen-bond acceptors (Lipinski definition) is 4. The van der Waals surface area contributed by atoms with Crippen molar-refractivity contribution in [3.05, 3.63) is 35.1 Å². The quantitative estimate of drug-likeness (QED) is 0.404. The van der Waals surface area contributed by atoms with Crippen molar-refractivity contribution in [1.82, 2.24) is 13.0 Å². The van der Waals surface area contributed by atoms with Crippen molar-refractivity contribution >= 4 is 18.7 Å². The molecule has 0 spiro atoms. The maximum absolute atomic E-state index is 13.6. The second-order valence-electron chi connectivity index (χ2n) is 10.2. The molecule has 3 aliphatic rings. The zero-order valence-corrected chi connectivity index (χ0v) is 21.7. The van der Waals surface area contributed by atoms with E-state index in [1.54, 1.807) is 12.4 Å². The molecule has 168 valence electrons. The van der Waals surface area contributed by atoms with Crippen LogP contribution in [0.2, 0.25) is 11.8 Å². The summed E-state index contributed by atoms with van der Waals surface area (Å²) in [6.07, 6.45) is 23.6. The Morgan fingerprint density at radius 3 is 1.77 bits per heavy atom. The summed E-state index contributed by atoms with van der Waals surface area (Å²) in [7, 11) is 0. The molecule has 5 rings (SSSR count). The molecule has 0 amide bonds. The minimum absolute atomic E-state index is 0.156. The SMILES string of the molecule is O=c1oc(-c2cccnc2)n[n]1[Sn]([CH]1CCCCC1)([CH]1CCCCC1)[CH]1CCCCC1. The van der Waals surface area contributed by atoms with Gasteiger partial charge in [0.1, 0.15) is 0 Å². The van der Waals surface area contributed by atoms with E-state index < -0.39 is 18.7 Å². The fourth-order valence-corrected chi connectivity index (χ4v) is 29.2. The first-order valence-corrected chi connectivity index (χ1v) is 19.0. The average Bonchev–Trinajstić information content (AvgIpc) is 3.24. The van der Waals surface area contributed by atoms with E-state index in [4.69, 9.17) is 9.52 Å². The molecule has 2 aromatic rings. The Balaban J connectivity index is 1.66. The Morgan fingerprint density at radius 2 is 1.32 bits per heavy atom. The first-order chi connectivity index (χ1) is 15.3. The van der Waals surface area contributed by atoms with Crippen LogP contribution in [-0.2, 0) is 0 Å². The van der Waals surface area contributed by atoms with Gasteiger partial charge in [0.05, 0.1) is 0 Å². The molecule has 2 aromatic heterocycles. The van der Waals surface area contributed by atoms with Gasteiger partial charge in [-0.2, -0.15) is 0 Å². The molecule has 31 heavy (non-hydrogen) atoms. The molecule has 5 nitrogen and oxygen atoms in total. The van der Waals surface area contributed by atoms with Crippen LogP contribution in [0.25, 0.3) is 11.5 Å². The van der Waals surface area contributed by atoms with Gasteiger partial charge < -0.3 is 0 Å². The topological polar surface area (TPSA) is 60.9 Å². The Morgan fingerprint density at radius 1 is 0.806 bits per heavy atom. The van der Waals surface area contributed by atoms with E-state index in [1.165, 1.54) is 96.3 Å². The van der Waals surface area contributed by atoms with E-state index in [0.717, 1.165) is 17.4 Å². The van der Waals surface area contributed by atoms with Crippen molar-refractivity contribution in [3.8, 4) is 11.5 Å². The molecule has 0 radical (unpaired) electrons. The summed E-state index contributed by atoms with van der Waals surface area (Å²) in [5, 5.41) is 5.07. The third-order valence-electron chi connectivity index (χ3n) is 8.60. The Hall–Kier alpha value is -1.11. The molecule has 0 unspecified atom stereocenters. The number of nitrogens with zero attached hydrogens (tertiary/aromatic N) is 3. The molecular formula is C25H37N3O2Sn. The van der Waals surface area contributed by atoms with Crippen LogP contribution in [0.5, 0.6) is 0 Å². The van der Waals surface area contributed by atoms with Gasteiger partial charge in [-0.25, -0.2) is 0 Å². The van der Waals surface area contributed by atoms with Gasteiger partial charge in [0.25, 0.3) is 0 Å². The maximum atomic E-state index is 13.6. The van der Waals surface area contributed by atoms with Crippen LogP contribution < -0.4 is 5.76 Å². The molecule has 0 atom stereocenters. The zero-order valence-electron chi connectivity index (χ0n) is 18.8.